The van der Waals surface area contributed by atoms with Crippen LogP contribution >= 0.6 is 0 Å². The van der Waals surface area contributed by atoms with E-state index < -0.39 is 17.6 Å². The monoisotopic (exact) mass is 324 g/mol. The Morgan fingerprint density at radius 1 is 1.21 bits per heavy atom. The van der Waals surface area contributed by atoms with Gasteiger partial charge in [0.25, 0.3) is 0 Å². The second-order valence-corrected chi connectivity index (χ2v) is 7.13. The molecule has 0 amide bonds. The number of fused-ring (bicyclic) bond motifs is 4. The summed E-state index contributed by atoms with van der Waals surface area (Å²) in [4.78, 5) is 25.1. The van der Waals surface area contributed by atoms with Gasteiger partial charge in [-0.3, -0.25) is 9.59 Å². The molecule has 0 radical (unpaired) electrons. The number of aliphatic hydroxyl groups is 2. The minimum absolute atomic E-state index is 0.0521. The van der Waals surface area contributed by atoms with Crippen LogP contribution in [0.15, 0.2) is 22.8 Å². The number of furan rings is 1. The van der Waals surface area contributed by atoms with E-state index in [0.29, 0.717) is 35.1 Å². The number of aliphatic hydroxyl groups excluding tert-OH is 2. The first-order chi connectivity index (χ1) is 11.4. The fourth-order valence-electron chi connectivity index (χ4n) is 4.72. The maximum absolute atomic E-state index is 13.1. The Kier molecular flexibility index (Phi) is 2.49. The Balaban J connectivity index is 1.89. The number of rotatable bonds is 0. The fourth-order valence-corrected chi connectivity index (χ4v) is 4.72. The summed E-state index contributed by atoms with van der Waals surface area (Å²) in [5, 5.41) is 21.0. The zero-order chi connectivity index (χ0) is 16.8. The van der Waals surface area contributed by atoms with Gasteiger partial charge in [-0.2, -0.15) is 0 Å². The number of benzene rings is 1. The first-order valence-corrected chi connectivity index (χ1v) is 8.16. The zero-order valence-electron chi connectivity index (χ0n) is 13.1. The Morgan fingerprint density at radius 2 is 2.00 bits per heavy atom. The lowest BCUT2D eigenvalue weighted by Crippen LogP contribution is -2.47. The fraction of sp³-hybridized carbons (Fsp3) is 0.368. The predicted octanol–water partition coefficient (Wildman–Crippen LogP) is 2.06. The molecule has 24 heavy (non-hydrogen) atoms. The highest BCUT2D eigenvalue weighted by molar-refractivity contribution is 6.15. The lowest BCUT2D eigenvalue weighted by Gasteiger charge is -2.44. The molecule has 0 fully saturated rings. The third kappa shape index (κ3) is 1.39. The number of Topliss-reactive ketones (excluding diaryl/α,β-unsaturated/α-hetero) is 1. The average Bonchev–Trinajstić information content (AvgIpc) is 3.16. The molecule has 2 aromatic rings. The molecule has 0 bridgehead atoms. The number of hydrogen-bond donors (Lipinski definition) is 2. The van der Waals surface area contributed by atoms with Gasteiger partial charge in [-0.1, -0.05) is 12.1 Å². The number of carbonyl (C=O) groups is 2. The van der Waals surface area contributed by atoms with Crippen LogP contribution in [-0.2, 0) is 11.8 Å². The Morgan fingerprint density at radius 3 is 2.79 bits per heavy atom. The minimum Gasteiger partial charge on any atom is -0.460 e. The molecular weight excluding hydrogens is 308 g/mol. The van der Waals surface area contributed by atoms with Crippen LogP contribution in [0, 0.1) is 0 Å². The molecule has 0 saturated heterocycles. The van der Waals surface area contributed by atoms with Crippen LogP contribution in [0.1, 0.15) is 74.6 Å². The van der Waals surface area contributed by atoms with E-state index >= 15 is 0 Å². The summed E-state index contributed by atoms with van der Waals surface area (Å²) in [6.07, 6.45) is 0.888. The molecule has 1 aromatic heterocycles. The van der Waals surface area contributed by atoms with Gasteiger partial charge in [-0.15, -0.1) is 0 Å². The molecule has 0 saturated carbocycles. The van der Waals surface area contributed by atoms with Crippen molar-refractivity contribution in [2.24, 2.45) is 0 Å². The summed E-state index contributed by atoms with van der Waals surface area (Å²) < 4.78 is 5.52. The standard InChI is InChI=1S/C19H16O5/c1-19-11-4-2-8-9(3-5-12(8)20)15(11)17(23)18-16(19)10(7-24-18)13(21)6-14(19)22/h2,4,7,13-14,21-22H,3,5-6H2,1H3/t13?,14-,19+/m1/s1. The first kappa shape index (κ1) is 14.1. The SMILES string of the molecule is C[C@@]12c3ccc4c(c3C(=O)c3occ(c31)C(O)C[C@H]2O)CCC4=O. The molecule has 1 unspecified atom stereocenters. The van der Waals surface area contributed by atoms with E-state index in [4.69, 9.17) is 4.42 Å². The van der Waals surface area contributed by atoms with Crippen molar-refractivity contribution >= 4 is 11.6 Å². The maximum atomic E-state index is 13.1. The van der Waals surface area contributed by atoms with Crippen molar-refractivity contribution in [3.05, 3.63) is 57.5 Å². The number of ketones is 2. The molecule has 3 aliphatic rings. The summed E-state index contributed by atoms with van der Waals surface area (Å²) in [6, 6.07) is 3.56. The van der Waals surface area contributed by atoms with Crippen molar-refractivity contribution < 1.29 is 24.2 Å². The molecular formula is C19H16O5. The Labute approximate surface area is 137 Å². The van der Waals surface area contributed by atoms with Crippen molar-refractivity contribution in [1.29, 1.82) is 0 Å². The van der Waals surface area contributed by atoms with Gasteiger partial charge in [-0.25, -0.2) is 0 Å². The quantitative estimate of drug-likeness (QED) is 0.774. The zero-order valence-corrected chi connectivity index (χ0v) is 13.1. The Bertz CT molecular complexity index is 937. The van der Waals surface area contributed by atoms with Crippen LogP contribution in [0.3, 0.4) is 0 Å². The highest BCUT2D eigenvalue weighted by atomic mass is 16.3. The normalized spacial score (nSPS) is 30.1. The van der Waals surface area contributed by atoms with E-state index in [0.717, 1.165) is 11.1 Å². The van der Waals surface area contributed by atoms with E-state index in [1.54, 1.807) is 12.1 Å². The molecule has 5 rings (SSSR count). The number of hydrogen-bond acceptors (Lipinski definition) is 5. The van der Waals surface area contributed by atoms with Gasteiger partial charge in [0.05, 0.1) is 18.5 Å². The summed E-state index contributed by atoms with van der Waals surface area (Å²) >= 11 is 0. The molecule has 5 nitrogen and oxygen atoms in total. The van der Waals surface area contributed by atoms with Gasteiger partial charge >= 0.3 is 0 Å². The molecule has 3 atom stereocenters. The first-order valence-electron chi connectivity index (χ1n) is 8.16. The third-order valence-corrected chi connectivity index (χ3v) is 6.02. The lowest BCUT2D eigenvalue weighted by atomic mass is 9.60. The van der Waals surface area contributed by atoms with Crippen molar-refractivity contribution in [3.8, 4) is 0 Å². The average molecular weight is 324 g/mol. The van der Waals surface area contributed by atoms with Crippen LogP contribution in [0.2, 0.25) is 0 Å². The van der Waals surface area contributed by atoms with Gasteiger partial charge in [0.15, 0.2) is 11.5 Å². The summed E-state index contributed by atoms with van der Waals surface area (Å²) in [7, 11) is 0. The smallest absolute Gasteiger partial charge is 0.229 e. The molecule has 0 spiro atoms. The highest BCUT2D eigenvalue weighted by Gasteiger charge is 2.53. The molecule has 3 aliphatic carbocycles. The van der Waals surface area contributed by atoms with Crippen LogP contribution in [-0.4, -0.2) is 27.9 Å². The molecule has 122 valence electrons. The summed E-state index contributed by atoms with van der Waals surface area (Å²) in [5.74, 6) is -0.0153. The third-order valence-electron chi connectivity index (χ3n) is 6.02. The highest BCUT2D eigenvalue weighted by Crippen LogP contribution is 2.53. The van der Waals surface area contributed by atoms with E-state index in [9.17, 15) is 19.8 Å². The van der Waals surface area contributed by atoms with Crippen LogP contribution in [0.25, 0.3) is 0 Å². The molecule has 5 heteroatoms. The summed E-state index contributed by atoms with van der Waals surface area (Å²) in [6.45, 7) is 1.88. The second kappa shape index (κ2) is 4.23. The van der Waals surface area contributed by atoms with Crippen LogP contribution in [0.4, 0.5) is 0 Å². The van der Waals surface area contributed by atoms with E-state index in [1.165, 1.54) is 6.26 Å². The maximum Gasteiger partial charge on any atom is 0.229 e. The van der Waals surface area contributed by atoms with Crippen molar-refractivity contribution in [1.82, 2.24) is 0 Å². The Hall–Kier alpha value is -2.24. The van der Waals surface area contributed by atoms with Crippen LogP contribution < -0.4 is 0 Å². The van der Waals surface area contributed by atoms with E-state index in [-0.39, 0.29) is 23.7 Å². The topological polar surface area (TPSA) is 87.7 Å². The van der Waals surface area contributed by atoms with Gasteiger partial charge in [0, 0.05) is 40.5 Å². The second-order valence-electron chi connectivity index (χ2n) is 7.13. The van der Waals surface area contributed by atoms with Crippen molar-refractivity contribution in [2.45, 2.75) is 43.8 Å². The summed E-state index contributed by atoms with van der Waals surface area (Å²) in [5.41, 5.74) is 2.96. The molecule has 0 aliphatic heterocycles. The molecule has 1 aromatic carbocycles. The largest absolute Gasteiger partial charge is 0.460 e. The van der Waals surface area contributed by atoms with Gasteiger partial charge in [-0.05, 0) is 24.5 Å². The van der Waals surface area contributed by atoms with Gasteiger partial charge in [0.2, 0.25) is 5.78 Å². The van der Waals surface area contributed by atoms with Crippen LogP contribution in [0.5, 0.6) is 0 Å². The molecule has 1 heterocycles. The number of carbonyl (C=O) groups excluding carboxylic acids is 2. The van der Waals surface area contributed by atoms with Gasteiger partial charge < -0.3 is 14.6 Å². The van der Waals surface area contributed by atoms with E-state index in [1.807, 2.05) is 6.92 Å². The van der Waals surface area contributed by atoms with E-state index in [2.05, 4.69) is 0 Å². The lowest BCUT2D eigenvalue weighted by molar-refractivity contribution is 0.0277. The van der Waals surface area contributed by atoms with Gasteiger partial charge in [0.1, 0.15) is 0 Å². The minimum atomic E-state index is -0.842. The van der Waals surface area contributed by atoms with Crippen molar-refractivity contribution in [3.63, 3.8) is 0 Å². The van der Waals surface area contributed by atoms with Crippen molar-refractivity contribution in [2.75, 3.05) is 0 Å². The molecule has 2 N–H and O–H groups in total. The predicted molar refractivity (Wildman–Crippen MR) is 83.3 cm³/mol.